The minimum atomic E-state index is -0.517. The third-order valence-corrected chi connectivity index (χ3v) is 7.30. The van der Waals surface area contributed by atoms with Gasteiger partial charge < -0.3 is 10.6 Å². The van der Waals surface area contributed by atoms with Crippen molar-refractivity contribution < 1.29 is 4.39 Å². The van der Waals surface area contributed by atoms with Gasteiger partial charge >= 0.3 is 0 Å². The highest BCUT2D eigenvalue weighted by Gasteiger charge is 2.34. The highest BCUT2D eigenvalue weighted by molar-refractivity contribution is 5.63. The minimum Gasteiger partial charge on any atom is -0.367 e. The summed E-state index contributed by atoms with van der Waals surface area (Å²) in [5.41, 5.74) is 3.60. The van der Waals surface area contributed by atoms with Crippen LogP contribution in [0.4, 0.5) is 10.1 Å². The Morgan fingerprint density at radius 2 is 1.84 bits per heavy atom. The molecule has 0 amide bonds. The van der Waals surface area contributed by atoms with Gasteiger partial charge in [0.15, 0.2) is 0 Å². The van der Waals surface area contributed by atoms with Crippen LogP contribution in [-0.2, 0) is 13.6 Å². The van der Waals surface area contributed by atoms with E-state index in [1.807, 2.05) is 59.2 Å². The van der Waals surface area contributed by atoms with Crippen LogP contribution in [0.3, 0.4) is 0 Å². The summed E-state index contributed by atoms with van der Waals surface area (Å²) in [5.74, 6) is -0.0504. The lowest BCUT2D eigenvalue weighted by atomic mass is 10.1. The molecule has 3 heterocycles. The van der Waals surface area contributed by atoms with Crippen molar-refractivity contribution in [2.24, 2.45) is 12.0 Å². The van der Waals surface area contributed by atoms with Crippen molar-refractivity contribution in [2.45, 2.75) is 37.9 Å². The van der Waals surface area contributed by atoms with E-state index in [1.165, 1.54) is 6.07 Å². The van der Waals surface area contributed by atoms with Crippen LogP contribution in [0, 0.1) is 11.4 Å². The molecule has 0 spiro atoms. The molecule has 0 bridgehead atoms. The zero-order chi connectivity index (χ0) is 26.2. The molecule has 9 heteroatoms. The van der Waals surface area contributed by atoms with E-state index in [-0.39, 0.29) is 28.3 Å². The Hall–Kier alpha value is -4.53. The van der Waals surface area contributed by atoms with Crippen LogP contribution in [0.15, 0.2) is 82.6 Å². The minimum absolute atomic E-state index is 0.116. The molecule has 0 radical (unpaired) electrons. The van der Waals surface area contributed by atoms with E-state index in [9.17, 15) is 9.18 Å². The summed E-state index contributed by atoms with van der Waals surface area (Å²) in [6.07, 6.45) is 3.01. The van der Waals surface area contributed by atoms with Crippen LogP contribution in [0.2, 0.25) is 0 Å². The Kier molecular flexibility index (Phi) is 6.11. The maximum Gasteiger partial charge on any atom is 0.267 e. The molecule has 1 saturated carbocycles. The van der Waals surface area contributed by atoms with Gasteiger partial charge in [0.1, 0.15) is 16.5 Å². The first kappa shape index (κ1) is 23.8. The molecule has 1 fully saturated rings. The fraction of sp³-hybridized carbons (Fsp3) is 0.241. The fourth-order valence-electron chi connectivity index (χ4n) is 5.36. The number of benzene rings is 2. The molecule has 1 aliphatic heterocycles. The summed E-state index contributed by atoms with van der Waals surface area (Å²) in [5, 5.41) is 16.1. The summed E-state index contributed by atoms with van der Waals surface area (Å²) >= 11 is 0. The summed E-state index contributed by atoms with van der Waals surface area (Å²) in [7, 11) is 1.72. The predicted octanol–water partition coefficient (Wildman–Crippen LogP) is 2.56. The second kappa shape index (κ2) is 9.74. The van der Waals surface area contributed by atoms with E-state index in [1.54, 1.807) is 23.7 Å². The number of hydrogen-bond acceptors (Lipinski definition) is 6. The van der Waals surface area contributed by atoms with E-state index in [0.29, 0.717) is 23.7 Å². The smallest absolute Gasteiger partial charge is 0.267 e. The topological polar surface area (TPSA) is 100 Å². The monoisotopic (exact) mass is 509 g/mol. The van der Waals surface area contributed by atoms with Crippen LogP contribution < -0.4 is 32.5 Å². The molecule has 8 nitrogen and oxygen atoms in total. The van der Waals surface area contributed by atoms with Crippen LogP contribution in [-0.4, -0.2) is 20.2 Å². The number of rotatable bonds is 6. The Balaban J connectivity index is 1.40. The molecule has 1 unspecified atom stereocenters. The van der Waals surface area contributed by atoms with Crippen molar-refractivity contribution in [3.63, 3.8) is 0 Å². The Labute approximate surface area is 218 Å². The number of nitrogens with zero attached hydrogens (tertiary/aromatic N) is 4. The summed E-state index contributed by atoms with van der Waals surface area (Å²) < 4.78 is 17.0. The van der Waals surface area contributed by atoms with Gasteiger partial charge in [0.05, 0.1) is 17.8 Å². The standard InChI is InChI=1S/C29H28FN7O/c1-36-28(38)25(26(31)37-23-11-5-10-22(23)35-29(36)37)27(33-20-7-3-2-4-8-20)32-17-18-13-15-19(16-14-18)21-9-6-12-24(30)34-21/h2-4,6-9,12-16,22-23,31-33H,5,10-11,17H2,1H3/b27-25-,31-26?/t22-,23?/m1/s1. The van der Waals surface area contributed by atoms with Gasteiger partial charge in [-0.15, -0.1) is 0 Å². The number of aromatic nitrogens is 3. The maximum absolute atomic E-state index is 13.6. The number of halogens is 1. The summed E-state index contributed by atoms with van der Waals surface area (Å²) in [6, 6.07) is 22.2. The second-order valence-electron chi connectivity index (χ2n) is 9.71. The number of pyridine rings is 1. The molecule has 4 aromatic rings. The zero-order valence-electron chi connectivity index (χ0n) is 21.0. The average Bonchev–Trinajstić information content (AvgIpc) is 3.53. The molecule has 6 rings (SSSR count). The lowest BCUT2D eigenvalue weighted by Gasteiger charge is -2.17. The number of para-hydroxylation sites is 1. The van der Waals surface area contributed by atoms with Crippen LogP contribution in [0.1, 0.15) is 30.9 Å². The Morgan fingerprint density at radius 1 is 1.05 bits per heavy atom. The highest BCUT2D eigenvalue weighted by atomic mass is 19.1. The van der Waals surface area contributed by atoms with E-state index >= 15 is 0 Å². The Morgan fingerprint density at radius 3 is 2.61 bits per heavy atom. The van der Waals surface area contributed by atoms with Crippen molar-refractivity contribution in [3.05, 3.63) is 111 Å². The molecule has 38 heavy (non-hydrogen) atoms. The SMILES string of the molecule is Cn1c(=O)/c(=C(/NCc2ccc(-c3cccc(F)n3)cc2)Nc2ccccc2)c(=N)n2c1=N[C@@H]1CCCC12. The largest absolute Gasteiger partial charge is 0.367 e. The van der Waals surface area contributed by atoms with Gasteiger partial charge in [0.25, 0.3) is 5.56 Å². The van der Waals surface area contributed by atoms with Crippen molar-refractivity contribution >= 4 is 11.5 Å². The summed E-state index contributed by atoms with van der Waals surface area (Å²) in [6.45, 7) is 0.410. The van der Waals surface area contributed by atoms with Gasteiger partial charge in [-0.2, -0.15) is 4.39 Å². The molecule has 192 valence electrons. The number of anilines is 1. The van der Waals surface area contributed by atoms with Gasteiger partial charge in [-0.25, -0.2) is 9.98 Å². The number of nitrogens with one attached hydrogen (secondary N) is 3. The van der Waals surface area contributed by atoms with E-state index < -0.39 is 5.95 Å². The molecule has 1 aliphatic carbocycles. The molecule has 3 N–H and O–H groups in total. The van der Waals surface area contributed by atoms with Gasteiger partial charge in [-0.1, -0.05) is 48.5 Å². The first-order valence-corrected chi connectivity index (χ1v) is 12.8. The third kappa shape index (κ3) is 4.30. The molecule has 2 atom stereocenters. The summed E-state index contributed by atoms with van der Waals surface area (Å²) in [4.78, 5) is 22.3. The molecular weight excluding hydrogens is 481 g/mol. The van der Waals surface area contributed by atoms with Crippen molar-refractivity contribution in [1.29, 1.82) is 5.41 Å². The quantitative estimate of drug-likeness (QED) is 0.348. The van der Waals surface area contributed by atoms with Gasteiger partial charge in [-0.05, 0) is 49.1 Å². The lowest BCUT2D eigenvalue weighted by molar-refractivity contribution is 0.465. The molecule has 0 saturated heterocycles. The van der Waals surface area contributed by atoms with E-state index in [0.717, 1.165) is 36.1 Å². The average molecular weight is 510 g/mol. The molecule has 2 aliphatic rings. The Bertz CT molecular complexity index is 1740. The normalized spacial score (nSPS) is 18.4. The second-order valence-corrected chi connectivity index (χ2v) is 9.71. The first-order valence-electron chi connectivity index (χ1n) is 12.8. The van der Waals surface area contributed by atoms with E-state index in [2.05, 4.69) is 15.6 Å². The molecule has 2 aromatic heterocycles. The third-order valence-electron chi connectivity index (χ3n) is 7.30. The molecule has 2 aromatic carbocycles. The van der Waals surface area contributed by atoms with Crippen molar-refractivity contribution in [3.8, 4) is 11.3 Å². The van der Waals surface area contributed by atoms with Crippen LogP contribution in [0.25, 0.3) is 17.1 Å². The molecular formula is C29H28FN7O. The van der Waals surface area contributed by atoms with Gasteiger partial charge in [0.2, 0.25) is 11.6 Å². The maximum atomic E-state index is 13.6. The number of hydrogen-bond donors (Lipinski definition) is 3. The zero-order valence-corrected chi connectivity index (χ0v) is 21.0. The van der Waals surface area contributed by atoms with Crippen molar-refractivity contribution in [1.82, 2.24) is 19.4 Å². The van der Waals surface area contributed by atoms with Crippen LogP contribution >= 0.6 is 0 Å². The first-order chi connectivity index (χ1) is 18.5. The fourth-order valence-corrected chi connectivity index (χ4v) is 5.36. The van der Waals surface area contributed by atoms with Gasteiger partial charge in [-0.3, -0.25) is 19.3 Å². The predicted molar refractivity (Wildman–Crippen MR) is 143 cm³/mol. The van der Waals surface area contributed by atoms with Crippen molar-refractivity contribution in [2.75, 3.05) is 5.32 Å². The lowest BCUT2D eigenvalue weighted by Crippen LogP contribution is -2.59. The van der Waals surface area contributed by atoms with E-state index in [4.69, 9.17) is 10.4 Å². The van der Waals surface area contributed by atoms with Crippen LogP contribution in [0.5, 0.6) is 0 Å². The van der Waals surface area contributed by atoms with Gasteiger partial charge in [0, 0.05) is 24.8 Å². The highest BCUT2D eigenvalue weighted by Crippen LogP contribution is 2.32. The number of fused-ring (bicyclic) bond motifs is 3.